The molecule has 1 aliphatic rings. The zero-order valence-electron chi connectivity index (χ0n) is 10.5. The molecule has 0 aliphatic carbocycles. The van der Waals surface area contributed by atoms with Gasteiger partial charge in [-0.05, 0) is 25.1 Å². The van der Waals surface area contributed by atoms with E-state index >= 15 is 0 Å². The highest BCUT2D eigenvalue weighted by Crippen LogP contribution is 2.28. The first-order valence-corrected chi connectivity index (χ1v) is 5.72. The average molecular weight is 267 g/mol. The predicted molar refractivity (Wildman–Crippen MR) is 66.8 cm³/mol. The van der Waals surface area contributed by atoms with Crippen molar-refractivity contribution in [3.8, 4) is 0 Å². The molecule has 2 rings (SSSR count). The molecule has 1 heterocycles. The Morgan fingerprint density at radius 3 is 2.79 bits per heavy atom. The first-order valence-electron chi connectivity index (χ1n) is 5.72. The minimum atomic E-state index is -0.759. The third kappa shape index (κ3) is 2.44. The molecule has 1 aromatic carbocycles. The number of nitrogens with one attached hydrogen (secondary N) is 1. The van der Waals surface area contributed by atoms with Gasteiger partial charge in [0.1, 0.15) is 5.82 Å². The van der Waals surface area contributed by atoms with Gasteiger partial charge in [0.15, 0.2) is 6.23 Å². The van der Waals surface area contributed by atoms with Crippen LogP contribution in [0.1, 0.15) is 13.8 Å². The standard InChI is InChI=1S/C12H14FN3O3/c1-6-11(15-7(2)17)19-12(18)16(6)8-3-4-10(14)9(13)5-8/h3-6,11H,14H2,1-2H3,(H,15,17)/t6?,11-/m0/s1. The average Bonchev–Trinajstić information content (AvgIpc) is 2.58. The van der Waals surface area contributed by atoms with Crippen LogP contribution in [0.3, 0.4) is 0 Å². The van der Waals surface area contributed by atoms with Crippen LogP contribution in [0.15, 0.2) is 18.2 Å². The van der Waals surface area contributed by atoms with Gasteiger partial charge in [0.2, 0.25) is 5.91 Å². The summed E-state index contributed by atoms with van der Waals surface area (Å²) in [7, 11) is 0. The molecule has 1 unspecified atom stereocenters. The van der Waals surface area contributed by atoms with Gasteiger partial charge in [-0.3, -0.25) is 9.69 Å². The Bertz CT molecular complexity index is 535. The lowest BCUT2D eigenvalue weighted by Gasteiger charge is -2.21. The predicted octanol–water partition coefficient (Wildman–Crippen LogP) is 1.22. The van der Waals surface area contributed by atoms with Gasteiger partial charge < -0.3 is 15.8 Å². The fourth-order valence-electron chi connectivity index (χ4n) is 1.92. The second-order valence-electron chi connectivity index (χ2n) is 4.32. The number of carbonyl (C=O) groups is 2. The third-order valence-corrected chi connectivity index (χ3v) is 2.88. The monoisotopic (exact) mass is 267 g/mol. The van der Waals surface area contributed by atoms with E-state index < -0.39 is 24.2 Å². The highest BCUT2D eigenvalue weighted by atomic mass is 19.1. The van der Waals surface area contributed by atoms with Gasteiger partial charge in [-0.15, -0.1) is 0 Å². The van der Waals surface area contributed by atoms with E-state index in [1.165, 1.54) is 24.0 Å². The summed E-state index contributed by atoms with van der Waals surface area (Å²) in [5.41, 5.74) is 5.72. The lowest BCUT2D eigenvalue weighted by molar-refractivity contribution is -0.121. The maximum atomic E-state index is 13.4. The van der Waals surface area contributed by atoms with E-state index in [1.54, 1.807) is 6.92 Å². The van der Waals surface area contributed by atoms with E-state index in [-0.39, 0.29) is 11.6 Å². The largest absolute Gasteiger partial charge is 0.423 e. The van der Waals surface area contributed by atoms with Crippen LogP contribution in [0.2, 0.25) is 0 Å². The molecule has 2 atom stereocenters. The van der Waals surface area contributed by atoms with Gasteiger partial charge in [-0.2, -0.15) is 0 Å². The normalized spacial score (nSPS) is 22.3. The lowest BCUT2D eigenvalue weighted by Crippen LogP contribution is -2.43. The second-order valence-corrected chi connectivity index (χ2v) is 4.32. The quantitative estimate of drug-likeness (QED) is 0.789. The number of halogens is 1. The number of ether oxygens (including phenoxy) is 1. The van der Waals surface area contributed by atoms with E-state index in [1.807, 2.05) is 0 Å². The van der Waals surface area contributed by atoms with E-state index in [9.17, 15) is 14.0 Å². The molecule has 1 aliphatic heterocycles. The summed E-state index contributed by atoms with van der Waals surface area (Å²) >= 11 is 0. The SMILES string of the molecule is CC(=O)N[C@H]1OC(=O)N(c2ccc(N)c(F)c2)C1C. The maximum Gasteiger partial charge on any atom is 0.416 e. The Labute approximate surface area is 109 Å². The van der Waals surface area contributed by atoms with Crippen LogP contribution in [0.4, 0.5) is 20.6 Å². The lowest BCUT2D eigenvalue weighted by atomic mass is 10.2. The van der Waals surface area contributed by atoms with Gasteiger partial charge in [-0.1, -0.05) is 0 Å². The van der Waals surface area contributed by atoms with Crippen molar-refractivity contribution < 1.29 is 18.7 Å². The smallest absolute Gasteiger partial charge is 0.416 e. The van der Waals surface area contributed by atoms with Gasteiger partial charge in [-0.25, -0.2) is 9.18 Å². The Hall–Kier alpha value is -2.31. The molecule has 1 fully saturated rings. The third-order valence-electron chi connectivity index (χ3n) is 2.88. The number of hydrogen-bond donors (Lipinski definition) is 2. The van der Waals surface area contributed by atoms with Crippen LogP contribution in [-0.2, 0) is 9.53 Å². The number of hydrogen-bond acceptors (Lipinski definition) is 4. The summed E-state index contributed by atoms with van der Waals surface area (Å²) in [6.45, 7) is 3.02. The zero-order valence-corrected chi connectivity index (χ0v) is 10.5. The summed E-state index contributed by atoms with van der Waals surface area (Å²) in [5.74, 6) is -0.921. The van der Waals surface area contributed by atoms with Crippen LogP contribution in [-0.4, -0.2) is 24.3 Å². The van der Waals surface area contributed by atoms with Crippen LogP contribution in [0.5, 0.6) is 0 Å². The van der Waals surface area contributed by atoms with E-state index in [0.717, 1.165) is 6.07 Å². The molecule has 0 saturated carbocycles. The highest BCUT2D eigenvalue weighted by Gasteiger charge is 2.40. The number of nitrogen functional groups attached to an aromatic ring is 1. The van der Waals surface area contributed by atoms with Crippen molar-refractivity contribution >= 4 is 23.4 Å². The number of benzene rings is 1. The first-order chi connectivity index (χ1) is 8.90. The van der Waals surface area contributed by atoms with Crippen LogP contribution < -0.4 is 16.0 Å². The fourth-order valence-corrected chi connectivity index (χ4v) is 1.92. The molecule has 6 nitrogen and oxygen atoms in total. The van der Waals surface area contributed by atoms with Crippen molar-refractivity contribution in [1.29, 1.82) is 0 Å². The molecular weight excluding hydrogens is 253 g/mol. The molecule has 0 bridgehead atoms. The van der Waals surface area contributed by atoms with E-state index in [2.05, 4.69) is 5.32 Å². The van der Waals surface area contributed by atoms with E-state index in [0.29, 0.717) is 5.69 Å². The van der Waals surface area contributed by atoms with Gasteiger partial charge in [0, 0.05) is 6.92 Å². The molecule has 7 heteroatoms. The maximum absolute atomic E-state index is 13.4. The number of nitrogens with zero attached hydrogens (tertiary/aromatic N) is 1. The van der Waals surface area contributed by atoms with Gasteiger partial charge in [0.05, 0.1) is 17.4 Å². The zero-order chi connectivity index (χ0) is 14.2. The molecular formula is C12H14FN3O3. The molecule has 1 saturated heterocycles. The number of rotatable bonds is 2. The number of cyclic esters (lactones) is 1. The minimum absolute atomic E-state index is 0.00220. The molecule has 3 N–H and O–H groups in total. The van der Waals surface area contributed by atoms with Crippen molar-refractivity contribution in [2.45, 2.75) is 26.1 Å². The Morgan fingerprint density at radius 1 is 1.53 bits per heavy atom. The topological polar surface area (TPSA) is 84.7 Å². The van der Waals surface area contributed by atoms with Crippen LogP contribution in [0, 0.1) is 5.82 Å². The summed E-state index contributed by atoms with van der Waals surface area (Å²) in [5, 5.41) is 2.51. The number of anilines is 2. The Morgan fingerprint density at radius 2 is 2.21 bits per heavy atom. The van der Waals surface area contributed by atoms with Crippen molar-refractivity contribution in [2.75, 3.05) is 10.6 Å². The summed E-state index contributed by atoms with van der Waals surface area (Å²) in [6, 6.07) is 3.60. The van der Waals surface area contributed by atoms with Crippen LogP contribution >= 0.6 is 0 Å². The molecule has 0 spiro atoms. The number of nitrogens with two attached hydrogens (primary N) is 1. The van der Waals surface area contributed by atoms with E-state index in [4.69, 9.17) is 10.5 Å². The van der Waals surface area contributed by atoms with Crippen molar-refractivity contribution in [3.05, 3.63) is 24.0 Å². The van der Waals surface area contributed by atoms with Gasteiger partial charge >= 0.3 is 6.09 Å². The molecule has 0 radical (unpaired) electrons. The highest BCUT2D eigenvalue weighted by molar-refractivity contribution is 5.91. The van der Waals surface area contributed by atoms with Crippen molar-refractivity contribution in [1.82, 2.24) is 5.32 Å². The summed E-state index contributed by atoms with van der Waals surface area (Å²) in [4.78, 5) is 24.0. The first kappa shape index (κ1) is 13.1. The second kappa shape index (κ2) is 4.75. The summed E-state index contributed by atoms with van der Waals surface area (Å²) in [6.07, 6.45) is -1.40. The van der Waals surface area contributed by atoms with Crippen molar-refractivity contribution in [2.24, 2.45) is 0 Å². The van der Waals surface area contributed by atoms with Gasteiger partial charge in [0.25, 0.3) is 0 Å². The molecule has 2 amide bonds. The van der Waals surface area contributed by atoms with Crippen LogP contribution in [0.25, 0.3) is 0 Å². The fraction of sp³-hybridized carbons (Fsp3) is 0.333. The molecule has 19 heavy (non-hydrogen) atoms. The molecule has 0 aromatic heterocycles. The summed E-state index contributed by atoms with van der Waals surface area (Å²) < 4.78 is 18.4. The minimum Gasteiger partial charge on any atom is -0.423 e. The Kier molecular flexibility index (Phi) is 3.28. The Balaban J connectivity index is 2.26. The number of amides is 2. The molecule has 102 valence electrons. The van der Waals surface area contributed by atoms with Crippen molar-refractivity contribution in [3.63, 3.8) is 0 Å². The molecule has 1 aromatic rings. The number of carbonyl (C=O) groups excluding carboxylic acids is 2.